The van der Waals surface area contributed by atoms with Crippen molar-refractivity contribution < 1.29 is 0 Å². The number of rotatable bonds is 6. The highest BCUT2D eigenvalue weighted by atomic mass is 32.2. The van der Waals surface area contributed by atoms with Gasteiger partial charge < -0.3 is 10.6 Å². The second-order valence-electron chi connectivity index (χ2n) is 5.38. The van der Waals surface area contributed by atoms with Crippen LogP contribution in [0.2, 0.25) is 0 Å². The number of hydrogen-bond donors (Lipinski definition) is 1. The van der Waals surface area contributed by atoms with Gasteiger partial charge in [0.15, 0.2) is 0 Å². The molecular weight excluding hydrogens is 228 g/mol. The van der Waals surface area contributed by atoms with Crippen LogP contribution in [0, 0.1) is 5.92 Å². The Bertz CT molecular complexity index is 179. The highest BCUT2D eigenvalue weighted by Gasteiger charge is 2.24. The van der Waals surface area contributed by atoms with E-state index in [0.29, 0.717) is 6.04 Å². The summed E-state index contributed by atoms with van der Waals surface area (Å²) in [5, 5.41) is 0. The van der Waals surface area contributed by atoms with Crippen molar-refractivity contribution in [3.8, 4) is 0 Å². The molecule has 102 valence electrons. The molecule has 17 heavy (non-hydrogen) atoms. The number of hydrogen-bond acceptors (Lipinski definition) is 3. The highest BCUT2D eigenvalue weighted by Crippen LogP contribution is 2.26. The summed E-state index contributed by atoms with van der Waals surface area (Å²) in [6.07, 6.45) is 12.1. The van der Waals surface area contributed by atoms with Crippen molar-refractivity contribution in [3.63, 3.8) is 0 Å². The van der Waals surface area contributed by atoms with Crippen molar-refractivity contribution in [2.24, 2.45) is 11.7 Å². The van der Waals surface area contributed by atoms with Crippen LogP contribution in [-0.2, 0) is 0 Å². The molecule has 1 atom stereocenters. The number of nitrogens with two attached hydrogens (primary N) is 1. The molecule has 0 aromatic rings. The molecule has 1 saturated carbocycles. The Morgan fingerprint density at radius 3 is 2.29 bits per heavy atom. The summed E-state index contributed by atoms with van der Waals surface area (Å²) in [5.74, 6) is 2.06. The Kier molecular flexibility index (Phi) is 8.33. The first-order chi connectivity index (χ1) is 8.29. The van der Waals surface area contributed by atoms with E-state index >= 15 is 0 Å². The Morgan fingerprint density at radius 1 is 1.18 bits per heavy atom. The zero-order valence-corrected chi connectivity index (χ0v) is 12.5. The van der Waals surface area contributed by atoms with Crippen LogP contribution in [0.25, 0.3) is 0 Å². The molecule has 0 saturated heterocycles. The minimum absolute atomic E-state index is 0.611. The van der Waals surface area contributed by atoms with Gasteiger partial charge in [-0.25, -0.2) is 0 Å². The van der Waals surface area contributed by atoms with Crippen LogP contribution in [0.3, 0.4) is 0 Å². The highest BCUT2D eigenvalue weighted by molar-refractivity contribution is 7.98. The van der Waals surface area contributed by atoms with Crippen LogP contribution in [0.5, 0.6) is 0 Å². The quantitative estimate of drug-likeness (QED) is 0.794. The van der Waals surface area contributed by atoms with Crippen molar-refractivity contribution in [2.45, 2.75) is 51.0 Å². The van der Waals surface area contributed by atoms with Gasteiger partial charge in [-0.1, -0.05) is 32.1 Å². The molecule has 0 amide bonds. The summed E-state index contributed by atoms with van der Waals surface area (Å²) < 4.78 is 0. The molecule has 0 bridgehead atoms. The van der Waals surface area contributed by atoms with Gasteiger partial charge in [-0.05, 0) is 32.1 Å². The van der Waals surface area contributed by atoms with Crippen LogP contribution in [0.4, 0.5) is 0 Å². The van der Waals surface area contributed by atoms with E-state index in [1.807, 2.05) is 11.8 Å². The lowest BCUT2D eigenvalue weighted by molar-refractivity contribution is 0.164. The van der Waals surface area contributed by atoms with Gasteiger partial charge in [-0.2, -0.15) is 11.8 Å². The van der Waals surface area contributed by atoms with Gasteiger partial charge >= 0.3 is 0 Å². The van der Waals surface area contributed by atoms with E-state index in [1.165, 1.54) is 57.2 Å². The molecule has 2 nitrogen and oxygen atoms in total. The normalized spacial score (nSPS) is 21.2. The van der Waals surface area contributed by atoms with E-state index in [1.54, 1.807) is 0 Å². The number of nitrogens with zero attached hydrogens (tertiary/aromatic N) is 1. The molecule has 0 radical (unpaired) electrons. The van der Waals surface area contributed by atoms with Crippen LogP contribution >= 0.6 is 11.8 Å². The van der Waals surface area contributed by atoms with E-state index < -0.39 is 0 Å². The van der Waals surface area contributed by atoms with E-state index in [4.69, 9.17) is 5.73 Å². The monoisotopic (exact) mass is 258 g/mol. The summed E-state index contributed by atoms with van der Waals surface area (Å²) in [6, 6.07) is 0.611. The van der Waals surface area contributed by atoms with Gasteiger partial charge in [0.2, 0.25) is 0 Å². The van der Waals surface area contributed by atoms with Crippen molar-refractivity contribution in [1.82, 2.24) is 4.90 Å². The molecule has 0 heterocycles. The molecule has 0 aromatic carbocycles. The third-order valence-corrected chi connectivity index (χ3v) is 4.74. The fourth-order valence-electron chi connectivity index (χ4n) is 3.01. The summed E-state index contributed by atoms with van der Waals surface area (Å²) in [4.78, 5) is 2.50. The van der Waals surface area contributed by atoms with E-state index in [2.05, 4.69) is 18.2 Å². The molecule has 2 N–H and O–H groups in total. The Morgan fingerprint density at radius 2 is 1.76 bits per heavy atom. The molecule has 3 heteroatoms. The maximum Gasteiger partial charge on any atom is 0.0243 e. The van der Waals surface area contributed by atoms with Gasteiger partial charge in [-0.3, -0.25) is 0 Å². The van der Waals surface area contributed by atoms with E-state index in [9.17, 15) is 0 Å². The zero-order valence-electron chi connectivity index (χ0n) is 11.7. The maximum absolute atomic E-state index is 6.02. The number of thioether (sulfide) groups is 1. The fourth-order valence-corrected chi connectivity index (χ4v) is 3.48. The molecule has 0 aromatic heterocycles. The molecule has 1 aliphatic rings. The molecule has 1 aliphatic carbocycles. The lowest BCUT2D eigenvalue weighted by Gasteiger charge is -2.35. The van der Waals surface area contributed by atoms with Crippen LogP contribution in [0.1, 0.15) is 44.9 Å². The van der Waals surface area contributed by atoms with Crippen molar-refractivity contribution in [3.05, 3.63) is 0 Å². The summed E-state index contributed by atoms with van der Waals surface area (Å²) in [6.45, 7) is 2.01. The lowest BCUT2D eigenvalue weighted by Crippen LogP contribution is -2.44. The fraction of sp³-hybridized carbons (Fsp3) is 1.00. The minimum Gasteiger partial charge on any atom is -0.329 e. The predicted molar refractivity (Wildman–Crippen MR) is 79.7 cm³/mol. The first-order valence-corrected chi connectivity index (χ1v) is 8.58. The molecule has 0 spiro atoms. The Balaban J connectivity index is 2.44. The van der Waals surface area contributed by atoms with Crippen molar-refractivity contribution in [2.75, 3.05) is 32.1 Å². The predicted octanol–water partition coefficient (Wildman–Crippen LogP) is 2.97. The number of likely N-dealkylation sites (N-methyl/N-ethyl adjacent to an activating group) is 1. The van der Waals surface area contributed by atoms with Gasteiger partial charge in [0.05, 0.1) is 0 Å². The van der Waals surface area contributed by atoms with Crippen LogP contribution in [-0.4, -0.2) is 43.1 Å². The standard InChI is InChI=1S/C14H30N2S/c1-16(10-11-17-2)14(12-15)13-8-6-4-3-5-7-9-13/h13-14H,3-12,15H2,1-2H3. The molecule has 1 fully saturated rings. The van der Waals surface area contributed by atoms with E-state index in [0.717, 1.165) is 12.5 Å². The Labute approximate surface area is 112 Å². The Hall–Kier alpha value is 0.270. The van der Waals surface area contributed by atoms with Crippen LogP contribution in [0.15, 0.2) is 0 Å². The van der Waals surface area contributed by atoms with Crippen LogP contribution < -0.4 is 5.73 Å². The second kappa shape index (κ2) is 9.23. The van der Waals surface area contributed by atoms with E-state index in [-0.39, 0.29) is 0 Å². The average Bonchev–Trinajstić information content (AvgIpc) is 2.29. The first-order valence-electron chi connectivity index (χ1n) is 7.18. The van der Waals surface area contributed by atoms with Crippen molar-refractivity contribution in [1.29, 1.82) is 0 Å². The minimum atomic E-state index is 0.611. The van der Waals surface area contributed by atoms with Gasteiger partial charge in [0.25, 0.3) is 0 Å². The third-order valence-electron chi connectivity index (χ3n) is 4.15. The maximum atomic E-state index is 6.02. The van der Waals surface area contributed by atoms with Gasteiger partial charge in [-0.15, -0.1) is 0 Å². The summed E-state index contributed by atoms with van der Waals surface area (Å²) in [7, 11) is 2.26. The molecule has 1 unspecified atom stereocenters. The molecular formula is C14H30N2S. The van der Waals surface area contributed by atoms with Gasteiger partial charge in [0, 0.05) is 24.9 Å². The van der Waals surface area contributed by atoms with Crippen molar-refractivity contribution >= 4 is 11.8 Å². The van der Waals surface area contributed by atoms with Gasteiger partial charge in [0.1, 0.15) is 0 Å². The first kappa shape index (κ1) is 15.3. The summed E-state index contributed by atoms with van der Waals surface area (Å²) >= 11 is 1.93. The smallest absolute Gasteiger partial charge is 0.0243 e. The second-order valence-corrected chi connectivity index (χ2v) is 6.37. The zero-order chi connectivity index (χ0) is 12.5. The largest absolute Gasteiger partial charge is 0.329 e. The topological polar surface area (TPSA) is 29.3 Å². The SMILES string of the molecule is CSCCN(C)C(CN)C1CCCCCCC1. The molecule has 0 aliphatic heterocycles. The summed E-state index contributed by atoms with van der Waals surface area (Å²) in [5.41, 5.74) is 6.02. The lowest BCUT2D eigenvalue weighted by atomic mass is 9.85. The third kappa shape index (κ3) is 5.62. The average molecular weight is 258 g/mol. The molecule has 1 rings (SSSR count).